The van der Waals surface area contributed by atoms with Crippen LogP contribution in [0.25, 0.3) is 0 Å². The van der Waals surface area contributed by atoms with Crippen LogP contribution in [0.15, 0.2) is 42.7 Å². The highest BCUT2D eigenvalue weighted by molar-refractivity contribution is 7.88. The van der Waals surface area contributed by atoms with Crippen LogP contribution in [-0.4, -0.2) is 50.6 Å². The van der Waals surface area contributed by atoms with Gasteiger partial charge in [-0.3, -0.25) is 9.78 Å². The van der Waals surface area contributed by atoms with Gasteiger partial charge >= 0.3 is 0 Å². The number of amides is 1. The summed E-state index contributed by atoms with van der Waals surface area (Å²) in [5.41, 5.74) is 1.13. The van der Waals surface area contributed by atoms with Gasteiger partial charge in [-0.15, -0.1) is 0 Å². The van der Waals surface area contributed by atoms with Gasteiger partial charge in [0.1, 0.15) is 11.5 Å². The molecule has 1 heterocycles. The number of hydrogen-bond donors (Lipinski definition) is 1. The zero-order valence-electron chi connectivity index (χ0n) is 14.8. The summed E-state index contributed by atoms with van der Waals surface area (Å²) in [6.07, 6.45) is 4.20. The maximum absolute atomic E-state index is 12.4. The molecule has 0 fully saturated rings. The van der Waals surface area contributed by atoms with Gasteiger partial charge in [-0.1, -0.05) is 0 Å². The highest BCUT2D eigenvalue weighted by Gasteiger charge is 2.21. The summed E-state index contributed by atoms with van der Waals surface area (Å²) in [5.74, 6) is 0.494. The van der Waals surface area contributed by atoms with E-state index < -0.39 is 15.9 Å². The maximum atomic E-state index is 12.4. The van der Waals surface area contributed by atoms with Crippen molar-refractivity contribution in [3.63, 3.8) is 0 Å². The monoisotopic (exact) mass is 379 g/mol. The van der Waals surface area contributed by atoms with Crippen LogP contribution in [0.3, 0.4) is 0 Å². The first kappa shape index (κ1) is 19.7. The number of nitrogens with zero attached hydrogens (tertiary/aromatic N) is 2. The molecule has 1 amide bonds. The Morgan fingerprint density at radius 1 is 1.15 bits per heavy atom. The van der Waals surface area contributed by atoms with Crippen LogP contribution in [0.4, 0.5) is 5.69 Å². The molecule has 0 saturated carbocycles. The normalized spacial score (nSPS) is 11.2. The van der Waals surface area contributed by atoms with E-state index in [2.05, 4.69) is 10.3 Å². The number of sulfonamides is 1. The highest BCUT2D eigenvalue weighted by atomic mass is 32.2. The number of anilines is 1. The van der Waals surface area contributed by atoms with Crippen LogP contribution < -0.4 is 14.8 Å². The van der Waals surface area contributed by atoms with E-state index in [4.69, 9.17) is 9.47 Å². The summed E-state index contributed by atoms with van der Waals surface area (Å²) in [5, 5.41) is 2.66. The van der Waals surface area contributed by atoms with E-state index in [0.717, 1.165) is 16.1 Å². The average Bonchev–Trinajstić information content (AvgIpc) is 2.61. The third-order valence-corrected chi connectivity index (χ3v) is 4.77. The average molecular weight is 379 g/mol. The quantitative estimate of drug-likeness (QED) is 0.746. The molecule has 1 N–H and O–H groups in total. The Hall–Kier alpha value is -2.65. The Bertz CT molecular complexity index is 856. The van der Waals surface area contributed by atoms with Gasteiger partial charge in [0.05, 0.1) is 32.7 Å². The topological polar surface area (TPSA) is 97.8 Å². The van der Waals surface area contributed by atoms with Crippen molar-refractivity contribution in [3.8, 4) is 11.5 Å². The first-order valence-electron chi connectivity index (χ1n) is 7.69. The molecular weight excluding hydrogens is 358 g/mol. The molecule has 0 aliphatic heterocycles. The Morgan fingerprint density at radius 3 is 2.42 bits per heavy atom. The fraction of sp³-hybridized carbons (Fsp3) is 0.294. The third kappa shape index (κ3) is 5.43. The molecule has 0 atom stereocenters. The number of rotatable bonds is 8. The van der Waals surface area contributed by atoms with Gasteiger partial charge in [0.15, 0.2) is 0 Å². The van der Waals surface area contributed by atoms with E-state index in [1.54, 1.807) is 42.7 Å². The van der Waals surface area contributed by atoms with Gasteiger partial charge in [-0.25, -0.2) is 8.42 Å². The second kappa shape index (κ2) is 8.63. The van der Waals surface area contributed by atoms with Crippen molar-refractivity contribution >= 4 is 21.6 Å². The molecule has 0 unspecified atom stereocenters. The maximum Gasteiger partial charge on any atom is 0.239 e. The van der Waals surface area contributed by atoms with E-state index in [0.29, 0.717) is 17.2 Å². The molecule has 0 bridgehead atoms. The fourth-order valence-corrected chi connectivity index (χ4v) is 2.98. The summed E-state index contributed by atoms with van der Waals surface area (Å²) >= 11 is 0. The number of methoxy groups -OCH3 is 2. The van der Waals surface area contributed by atoms with Crippen molar-refractivity contribution in [3.05, 3.63) is 48.3 Å². The van der Waals surface area contributed by atoms with Crippen LogP contribution in [-0.2, 0) is 21.4 Å². The number of aromatic nitrogens is 1. The van der Waals surface area contributed by atoms with Crippen molar-refractivity contribution in [1.29, 1.82) is 0 Å². The van der Waals surface area contributed by atoms with Crippen molar-refractivity contribution in [2.24, 2.45) is 0 Å². The second-order valence-corrected chi connectivity index (χ2v) is 7.48. The predicted octanol–water partition coefficient (Wildman–Crippen LogP) is 1.50. The minimum absolute atomic E-state index is 0.0734. The smallest absolute Gasteiger partial charge is 0.239 e. The molecule has 0 saturated heterocycles. The fourth-order valence-electron chi connectivity index (χ4n) is 2.24. The van der Waals surface area contributed by atoms with Gasteiger partial charge in [-0.05, 0) is 29.8 Å². The molecule has 0 radical (unpaired) electrons. The Kier molecular flexibility index (Phi) is 6.53. The van der Waals surface area contributed by atoms with E-state index in [-0.39, 0.29) is 13.1 Å². The molecule has 26 heavy (non-hydrogen) atoms. The lowest BCUT2D eigenvalue weighted by atomic mass is 10.2. The van der Waals surface area contributed by atoms with Crippen LogP contribution >= 0.6 is 0 Å². The van der Waals surface area contributed by atoms with Crippen LogP contribution in [0.5, 0.6) is 11.5 Å². The van der Waals surface area contributed by atoms with E-state index >= 15 is 0 Å². The molecule has 9 heteroatoms. The standard InChI is InChI=1S/C17H21N3O5S/c1-24-14-4-5-16(25-2)15(10-14)19-17(21)12-20(26(3,22)23)11-13-6-8-18-9-7-13/h4-10H,11-12H2,1-3H3,(H,19,21). The number of benzene rings is 1. The minimum atomic E-state index is -3.58. The van der Waals surface area contributed by atoms with Gasteiger partial charge in [0.2, 0.25) is 15.9 Å². The zero-order valence-corrected chi connectivity index (χ0v) is 15.6. The largest absolute Gasteiger partial charge is 0.497 e. The molecular formula is C17H21N3O5S. The van der Waals surface area contributed by atoms with Crippen LogP contribution in [0.1, 0.15) is 5.56 Å². The van der Waals surface area contributed by atoms with Gasteiger partial charge < -0.3 is 14.8 Å². The molecule has 1 aromatic carbocycles. The van der Waals surface area contributed by atoms with Gasteiger partial charge in [-0.2, -0.15) is 4.31 Å². The van der Waals surface area contributed by atoms with Crippen molar-refractivity contribution in [1.82, 2.24) is 9.29 Å². The molecule has 0 aliphatic carbocycles. The lowest BCUT2D eigenvalue weighted by Crippen LogP contribution is -2.36. The van der Waals surface area contributed by atoms with Crippen molar-refractivity contribution in [2.45, 2.75) is 6.54 Å². The minimum Gasteiger partial charge on any atom is -0.497 e. The zero-order chi connectivity index (χ0) is 19.2. The highest BCUT2D eigenvalue weighted by Crippen LogP contribution is 2.28. The van der Waals surface area contributed by atoms with Crippen LogP contribution in [0.2, 0.25) is 0 Å². The second-order valence-electron chi connectivity index (χ2n) is 5.50. The predicted molar refractivity (Wildman–Crippen MR) is 97.7 cm³/mol. The number of carbonyl (C=O) groups is 1. The first-order chi connectivity index (χ1) is 12.3. The van der Waals surface area contributed by atoms with Gasteiger partial charge in [0, 0.05) is 25.0 Å². The molecule has 0 spiro atoms. The summed E-state index contributed by atoms with van der Waals surface area (Å²) in [4.78, 5) is 16.3. The van der Waals surface area contributed by atoms with E-state index in [1.165, 1.54) is 14.2 Å². The molecule has 0 aliphatic rings. The summed E-state index contributed by atoms with van der Waals surface area (Å²) in [6, 6.07) is 8.34. The van der Waals surface area contributed by atoms with E-state index in [9.17, 15) is 13.2 Å². The molecule has 8 nitrogen and oxygen atoms in total. The van der Waals surface area contributed by atoms with Crippen molar-refractivity contribution in [2.75, 3.05) is 32.3 Å². The number of pyridine rings is 1. The summed E-state index contributed by atoms with van der Waals surface area (Å²) < 4.78 is 35.5. The number of ether oxygens (including phenoxy) is 2. The number of hydrogen-bond acceptors (Lipinski definition) is 6. The summed E-state index contributed by atoms with van der Waals surface area (Å²) in [6.45, 7) is -0.258. The molecule has 2 aromatic rings. The Balaban J connectivity index is 2.15. The Labute approximate surface area is 152 Å². The van der Waals surface area contributed by atoms with Gasteiger partial charge in [0.25, 0.3) is 0 Å². The first-order valence-corrected chi connectivity index (χ1v) is 9.54. The molecule has 2 rings (SSSR count). The van der Waals surface area contributed by atoms with E-state index in [1.807, 2.05) is 0 Å². The summed E-state index contributed by atoms with van der Waals surface area (Å²) in [7, 11) is -0.599. The number of carbonyl (C=O) groups excluding carboxylic acids is 1. The molecule has 140 valence electrons. The Morgan fingerprint density at radius 2 is 1.85 bits per heavy atom. The third-order valence-electron chi connectivity index (χ3n) is 3.58. The number of nitrogens with one attached hydrogen (secondary N) is 1. The lowest BCUT2D eigenvalue weighted by Gasteiger charge is -2.20. The van der Waals surface area contributed by atoms with Crippen molar-refractivity contribution < 1.29 is 22.7 Å². The molecule has 1 aromatic heterocycles. The lowest BCUT2D eigenvalue weighted by molar-refractivity contribution is -0.116. The van der Waals surface area contributed by atoms with Crippen LogP contribution in [0, 0.1) is 0 Å². The SMILES string of the molecule is COc1ccc(OC)c(NC(=O)CN(Cc2ccncc2)S(C)(=O)=O)c1.